The average molecular weight is 258 g/mol. The molecule has 0 radical (unpaired) electrons. The molecular weight excluding hydrogens is 243 g/mol. The van der Waals surface area contributed by atoms with Gasteiger partial charge in [-0.3, -0.25) is 4.79 Å². The zero-order valence-corrected chi connectivity index (χ0v) is 10.9. The maximum Gasteiger partial charge on any atom is 0.153 e. The van der Waals surface area contributed by atoms with Crippen molar-refractivity contribution >= 4 is 6.29 Å². The molecule has 0 aliphatic carbocycles. The lowest BCUT2D eigenvalue weighted by atomic mass is 10.1. The highest BCUT2D eigenvalue weighted by atomic mass is 19.1. The van der Waals surface area contributed by atoms with Crippen LogP contribution in [-0.4, -0.2) is 6.29 Å². The first-order valence-electron chi connectivity index (χ1n) is 6.04. The van der Waals surface area contributed by atoms with E-state index in [1.807, 2.05) is 19.9 Å². The van der Waals surface area contributed by atoms with Crippen molar-refractivity contribution in [2.24, 2.45) is 0 Å². The van der Waals surface area contributed by atoms with Gasteiger partial charge in [0.25, 0.3) is 0 Å². The van der Waals surface area contributed by atoms with Crippen LogP contribution in [0.4, 0.5) is 4.39 Å². The summed E-state index contributed by atoms with van der Waals surface area (Å²) in [5.41, 5.74) is 3.27. The topological polar surface area (TPSA) is 26.3 Å². The SMILES string of the molecule is Cc1ccc(OCc2ccc(F)cc2C)c(C=O)c1. The second kappa shape index (κ2) is 5.65. The van der Waals surface area contributed by atoms with Crippen molar-refractivity contribution in [1.82, 2.24) is 0 Å². The predicted molar refractivity (Wildman–Crippen MR) is 72.0 cm³/mol. The Bertz CT molecular complexity index is 606. The Balaban J connectivity index is 2.16. The van der Waals surface area contributed by atoms with Crippen LogP contribution in [0.1, 0.15) is 27.0 Å². The summed E-state index contributed by atoms with van der Waals surface area (Å²) >= 11 is 0. The van der Waals surface area contributed by atoms with Crippen molar-refractivity contribution in [2.45, 2.75) is 20.5 Å². The Labute approximate surface area is 111 Å². The summed E-state index contributed by atoms with van der Waals surface area (Å²) in [7, 11) is 0. The molecule has 0 saturated carbocycles. The van der Waals surface area contributed by atoms with E-state index in [1.165, 1.54) is 12.1 Å². The highest BCUT2D eigenvalue weighted by molar-refractivity contribution is 5.79. The molecule has 2 aromatic carbocycles. The van der Waals surface area contributed by atoms with Crippen LogP contribution in [0.5, 0.6) is 5.75 Å². The fourth-order valence-electron chi connectivity index (χ4n) is 1.87. The van der Waals surface area contributed by atoms with Crippen LogP contribution in [0.3, 0.4) is 0 Å². The molecule has 2 aromatic rings. The Morgan fingerprint density at radius 1 is 1.16 bits per heavy atom. The number of aryl methyl sites for hydroxylation is 2. The van der Waals surface area contributed by atoms with Crippen molar-refractivity contribution in [3.8, 4) is 5.75 Å². The molecule has 3 heteroatoms. The third-order valence-corrected chi connectivity index (χ3v) is 2.98. The Hall–Kier alpha value is -2.16. The fraction of sp³-hybridized carbons (Fsp3) is 0.188. The summed E-state index contributed by atoms with van der Waals surface area (Å²) in [6, 6.07) is 10.0. The van der Waals surface area contributed by atoms with Crippen molar-refractivity contribution in [1.29, 1.82) is 0 Å². The first kappa shape index (κ1) is 13.3. The standard InChI is InChI=1S/C16H15FO2/c1-11-3-6-16(14(7-11)9-18)19-10-13-4-5-15(17)8-12(13)2/h3-9H,10H2,1-2H3. The van der Waals surface area contributed by atoms with E-state index in [0.29, 0.717) is 17.9 Å². The van der Waals surface area contributed by atoms with Gasteiger partial charge in [-0.25, -0.2) is 4.39 Å². The van der Waals surface area contributed by atoms with Crippen LogP contribution in [0.15, 0.2) is 36.4 Å². The summed E-state index contributed by atoms with van der Waals surface area (Å²) in [4.78, 5) is 11.0. The molecule has 2 nitrogen and oxygen atoms in total. The summed E-state index contributed by atoms with van der Waals surface area (Å²) in [5.74, 6) is 0.287. The fourth-order valence-corrected chi connectivity index (χ4v) is 1.87. The minimum absolute atomic E-state index is 0.259. The average Bonchev–Trinajstić information content (AvgIpc) is 2.39. The monoisotopic (exact) mass is 258 g/mol. The number of ether oxygens (including phenoxy) is 1. The lowest BCUT2D eigenvalue weighted by Crippen LogP contribution is -2.00. The molecule has 0 unspecified atom stereocenters. The molecule has 0 N–H and O–H groups in total. The maximum absolute atomic E-state index is 13.0. The zero-order valence-electron chi connectivity index (χ0n) is 10.9. The smallest absolute Gasteiger partial charge is 0.153 e. The van der Waals surface area contributed by atoms with Gasteiger partial charge in [0.1, 0.15) is 18.2 Å². The van der Waals surface area contributed by atoms with Crippen molar-refractivity contribution in [3.63, 3.8) is 0 Å². The van der Waals surface area contributed by atoms with Gasteiger partial charge in [-0.15, -0.1) is 0 Å². The third kappa shape index (κ3) is 3.19. The van der Waals surface area contributed by atoms with Crippen LogP contribution < -0.4 is 4.74 Å². The molecule has 0 fully saturated rings. The molecule has 0 spiro atoms. The summed E-state index contributed by atoms with van der Waals surface area (Å²) < 4.78 is 18.6. The number of carbonyl (C=O) groups is 1. The number of hydrogen-bond donors (Lipinski definition) is 0. The Kier molecular flexibility index (Phi) is 3.95. The Morgan fingerprint density at radius 2 is 1.95 bits per heavy atom. The number of carbonyl (C=O) groups excluding carboxylic acids is 1. The van der Waals surface area contributed by atoms with Gasteiger partial charge in [0, 0.05) is 0 Å². The Morgan fingerprint density at radius 3 is 2.63 bits per heavy atom. The van der Waals surface area contributed by atoms with Crippen molar-refractivity contribution < 1.29 is 13.9 Å². The second-order valence-corrected chi connectivity index (χ2v) is 4.52. The molecule has 0 aromatic heterocycles. The van der Waals surface area contributed by atoms with Crippen LogP contribution in [-0.2, 0) is 6.61 Å². The van der Waals surface area contributed by atoms with Crippen LogP contribution in [0.25, 0.3) is 0 Å². The minimum atomic E-state index is -0.259. The molecule has 0 bridgehead atoms. The van der Waals surface area contributed by atoms with Gasteiger partial charge in [-0.2, -0.15) is 0 Å². The highest BCUT2D eigenvalue weighted by Crippen LogP contribution is 2.20. The quantitative estimate of drug-likeness (QED) is 0.779. The van der Waals surface area contributed by atoms with E-state index < -0.39 is 0 Å². The number of rotatable bonds is 4. The van der Waals surface area contributed by atoms with E-state index in [9.17, 15) is 9.18 Å². The normalized spacial score (nSPS) is 10.3. The summed E-state index contributed by atoms with van der Waals surface area (Å²) in [5, 5.41) is 0. The molecule has 0 aliphatic rings. The van der Waals surface area contributed by atoms with Crippen LogP contribution in [0, 0.1) is 19.7 Å². The zero-order chi connectivity index (χ0) is 13.8. The first-order valence-corrected chi connectivity index (χ1v) is 6.04. The van der Waals surface area contributed by atoms with E-state index in [4.69, 9.17) is 4.74 Å². The summed E-state index contributed by atoms with van der Waals surface area (Å²) in [6.07, 6.45) is 0.778. The van der Waals surface area contributed by atoms with E-state index in [0.717, 1.165) is 23.0 Å². The predicted octanol–water partition coefficient (Wildman–Crippen LogP) is 3.83. The van der Waals surface area contributed by atoms with E-state index in [2.05, 4.69) is 0 Å². The minimum Gasteiger partial charge on any atom is -0.488 e. The third-order valence-electron chi connectivity index (χ3n) is 2.98. The van der Waals surface area contributed by atoms with Gasteiger partial charge in [-0.1, -0.05) is 17.7 Å². The molecular formula is C16H15FO2. The van der Waals surface area contributed by atoms with Crippen molar-refractivity contribution in [2.75, 3.05) is 0 Å². The largest absolute Gasteiger partial charge is 0.488 e. The molecule has 2 rings (SSSR count). The van der Waals surface area contributed by atoms with Crippen molar-refractivity contribution in [3.05, 3.63) is 64.5 Å². The second-order valence-electron chi connectivity index (χ2n) is 4.52. The first-order chi connectivity index (χ1) is 9.10. The van der Waals surface area contributed by atoms with Gasteiger partial charge in [0.15, 0.2) is 6.29 Å². The number of hydrogen-bond acceptors (Lipinski definition) is 2. The molecule has 19 heavy (non-hydrogen) atoms. The van der Waals surface area contributed by atoms with Gasteiger partial charge >= 0.3 is 0 Å². The van der Waals surface area contributed by atoms with E-state index in [1.54, 1.807) is 18.2 Å². The lowest BCUT2D eigenvalue weighted by Gasteiger charge is -2.11. The molecule has 0 aliphatic heterocycles. The van der Waals surface area contributed by atoms with E-state index >= 15 is 0 Å². The molecule has 98 valence electrons. The lowest BCUT2D eigenvalue weighted by molar-refractivity contribution is 0.111. The molecule has 0 saturated heterocycles. The van der Waals surface area contributed by atoms with Gasteiger partial charge in [-0.05, 0) is 49.2 Å². The van der Waals surface area contributed by atoms with Crippen LogP contribution >= 0.6 is 0 Å². The number of aldehydes is 1. The van der Waals surface area contributed by atoms with Gasteiger partial charge in [0.2, 0.25) is 0 Å². The molecule has 0 heterocycles. The van der Waals surface area contributed by atoms with E-state index in [-0.39, 0.29) is 5.82 Å². The molecule has 0 atom stereocenters. The van der Waals surface area contributed by atoms with Crippen LogP contribution in [0.2, 0.25) is 0 Å². The molecule has 0 amide bonds. The number of halogens is 1. The maximum atomic E-state index is 13.0. The highest BCUT2D eigenvalue weighted by Gasteiger charge is 2.05. The number of benzene rings is 2. The van der Waals surface area contributed by atoms with Gasteiger partial charge in [0.05, 0.1) is 5.56 Å². The van der Waals surface area contributed by atoms with Gasteiger partial charge < -0.3 is 4.74 Å². The summed E-state index contributed by atoms with van der Waals surface area (Å²) in [6.45, 7) is 4.06.